The highest BCUT2D eigenvalue weighted by atomic mass is 79.9. The maximum atomic E-state index is 12.2. The van der Waals surface area contributed by atoms with Crippen LogP contribution >= 0.6 is 15.9 Å². The minimum atomic E-state index is -0.0897. The first-order valence-electron chi connectivity index (χ1n) is 9.26. The summed E-state index contributed by atoms with van der Waals surface area (Å²) in [6, 6.07) is 5.73. The molecular formula is C20H29BrN3O2+. The van der Waals surface area contributed by atoms with Crippen molar-refractivity contribution in [3.05, 3.63) is 39.9 Å². The monoisotopic (exact) mass is 422 g/mol. The van der Waals surface area contributed by atoms with Gasteiger partial charge in [0.05, 0.1) is 7.05 Å². The zero-order valence-electron chi connectivity index (χ0n) is 15.7. The molecule has 1 aromatic rings. The summed E-state index contributed by atoms with van der Waals surface area (Å²) in [6.07, 6.45) is 8.13. The number of carbonyl (C=O) groups excluding carboxylic acids is 2. The Balaban J connectivity index is 1.68. The lowest BCUT2D eigenvalue weighted by Crippen LogP contribution is -3.11. The van der Waals surface area contributed by atoms with Crippen molar-refractivity contribution in [2.45, 2.75) is 39.0 Å². The van der Waals surface area contributed by atoms with E-state index in [4.69, 9.17) is 0 Å². The van der Waals surface area contributed by atoms with Crippen LogP contribution in [0.3, 0.4) is 0 Å². The molecule has 1 unspecified atom stereocenters. The van der Waals surface area contributed by atoms with E-state index in [0.717, 1.165) is 33.5 Å². The van der Waals surface area contributed by atoms with E-state index >= 15 is 0 Å². The molecule has 1 atom stereocenters. The summed E-state index contributed by atoms with van der Waals surface area (Å²) in [5.74, 6) is -0.0976. The van der Waals surface area contributed by atoms with E-state index in [1.54, 1.807) is 0 Å². The van der Waals surface area contributed by atoms with Gasteiger partial charge in [0.25, 0.3) is 11.8 Å². The molecule has 1 aromatic carbocycles. The third kappa shape index (κ3) is 7.30. The van der Waals surface area contributed by atoms with Crippen molar-refractivity contribution in [1.82, 2.24) is 5.32 Å². The number of benzene rings is 1. The summed E-state index contributed by atoms with van der Waals surface area (Å²) < 4.78 is 0.983. The van der Waals surface area contributed by atoms with Crippen molar-refractivity contribution in [1.29, 1.82) is 0 Å². The molecule has 0 heterocycles. The minimum absolute atomic E-state index is 0.00784. The van der Waals surface area contributed by atoms with Gasteiger partial charge in [0.15, 0.2) is 13.1 Å². The molecular weight excluding hydrogens is 394 g/mol. The van der Waals surface area contributed by atoms with E-state index in [-0.39, 0.29) is 18.4 Å². The third-order valence-electron chi connectivity index (χ3n) is 4.54. The summed E-state index contributed by atoms with van der Waals surface area (Å²) >= 11 is 3.41. The zero-order valence-corrected chi connectivity index (χ0v) is 17.2. The molecule has 0 radical (unpaired) electrons. The number of hydrogen-bond acceptors (Lipinski definition) is 2. The molecule has 0 saturated carbocycles. The van der Waals surface area contributed by atoms with Crippen LogP contribution in [0.1, 0.15) is 37.7 Å². The lowest BCUT2D eigenvalue weighted by atomic mass is 9.97. The zero-order chi connectivity index (χ0) is 18.9. The second-order valence-electron chi connectivity index (χ2n) is 7.03. The molecule has 1 aliphatic rings. The molecule has 6 heteroatoms. The number of quaternary nitrogens is 1. The Bertz CT molecular complexity index is 673. The molecule has 3 N–H and O–H groups in total. The van der Waals surface area contributed by atoms with Crippen LogP contribution in [-0.4, -0.2) is 38.5 Å². The SMILES string of the molecule is Cc1cc(Br)ccc1NC(=O)C[NH+](C)CC(=O)NCCC1=CCCCC1. The van der Waals surface area contributed by atoms with E-state index in [0.29, 0.717) is 13.1 Å². The second-order valence-corrected chi connectivity index (χ2v) is 7.94. The summed E-state index contributed by atoms with van der Waals surface area (Å²) in [5, 5.41) is 5.87. The predicted octanol–water partition coefficient (Wildman–Crippen LogP) is 2.22. The quantitative estimate of drug-likeness (QED) is 0.562. The van der Waals surface area contributed by atoms with Crippen LogP contribution in [0.25, 0.3) is 0 Å². The van der Waals surface area contributed by atoms with Gasteiger partial charge in [-0.25, -0.2) is 0 Å². The van der Waals surface area contributed by atoms with Gasteiger partial charge in [-0.05, 0) is 62.8 Å². The Morgan fingerprint density at radius 2 is 1.96 bits per heavy atom. The Morgan fingerprint density at radius 3 is 2.65 bits per heavy atom. The molecule has 2 amide bonds. The topological polar surface area (TPSA) is 62.6 Å². The number of hydrogen-bond donors (Lipinski definition) is 3. The number of aryl methyl sites for hydroxylation is 1. The molecule has 0 aromatic heterocycles. The largest absolute Gasteiger partial charge is 0.351 e. The number of allylic oxidation sites excluding steroid dienone is 1. The molecule has 0 bridgehead atoms. The predicted molar refractivity (Wildman–Crippen MR) is 108 cm³/mol. The third-order valence-corrected chi connectivity index (χ3v) is 5.03. The van der Waals surface area contributed by atoms with Crippen molar-refractivity contribution in [2.24, 2.45) is 0 Å². The number of anilines is 1. The maximum Gasteiger partial charge on any atom is 0.279 e. The molecule has 1 aliphatic carbocycles. The van der Waals surface area contributed by atoms with Crippen molar-refractivity contribution in [2.75, 3.05) is 32.0 Å². The Kier molecular flexibility index (Phi) is 8.32. The molecule has 142 valence electrons. The summed E-state index contributed by atoms with van der Waals surface area (Å²) in [6.45, 7) is 3.19. The van der Waals surface area contributed by atoms with Crippen molar-refractivity contribution < 1.29 is 14.5 Å². The summed E-state index contributed by atoms with van der Waals surface area (Å²) in [5.41, 5.74) is 3.26. The highest BCUT2D eigenvalue weighted by Crippen LogP contribution is 2.20. The fraction of sp³-hybridized carbons (Fsp3) is 0.500. The highest BCUT2D eigenvalue weighted by Gasteiger charge is 2.15. The van der Waals surface area contributed by atoms with Gasteiger partial charge in [0.1, 0.15) is 0 Å². The van der Waals surface area contributed by atoms with Crippen LogP contribution in [-0.2, 0) is 9.59 Å². The lowest BCUT2D eigenvalue weighted by molar-refractivity contribution is -0.862. The molecule has 5 nitrogen and oxygen atoms in total. The number of rotatable bonds is 8. The fourth-order valence-corrected chi connectivity index (χ4v) is 3.60. The maximum absolute atomic E-state index is 12.2. The van der Waals surface area contributed by atoms with Gasteiger partial charge in [0.2, 0.25) is 0 Å². The average Bonchev–Trinajstić information content (AvgIpc) is 2.58. The number of amides is 2. The van der Waals surface area contributed by atoms with Gasteiger partial charge < -0.3 is 15.5 Å². The van der Waals surface area contributed by atoms with Gasteiger partial charge in [0, 0.05) is 16.7 Å². The second kappa shape index (κ2) is 10.5. The molecule has 0 spiro atoms. The van der Waals surface area contributed by atoms with Crippen molar-refractivity contribution in [3.63, 3.8) is 0 Å². The number of carbonyl (C=O) groups is 2. The Labute approximate surface area is 164 Å². The van der Waals surface area contributed by atoms with Crippen molar-refractivity contribution in [3.8, 4) is 0 Å². The summed E-state index contributed by atoms with van der Waals surface area (Å²) in [4.78, 5) is 25.1. The van der Waals surface area contributed by atoms with E-state index < -0.39 is 0 Å². The van der Waals surface area contributed by atoms with Gasteiger partial charge in [-0.3, -0.25) is 9.59 Å². The lowest BCUT2D eigenvalue weighted by Gasteiger charge is -2.15. The minimum Gasteiger partial charge on any atom is -0.351 e. The van der Waals surface area contributed by atoms with Gasteiger partial charge in [-0.1, -0.05) is 27.6 Å². The van der Waals surface area contributed by atoms with E-state index in [1.165, 1.54) is 24.8 Å². The summed E-state index contributed by atoms with van der Waals surface area (Å²) in [7, 11) is 1.86. The van der Waals surface area contributed by atoms with Crippen LogP contribution in [0.15, 0.2) is 34.3 Å². The van der Waals surface area contributed by atoms with E-state index in [9.17, 15) is 9.59 Å². The van der Waals surface area contributed by atoms with Gasteiger partial charge in [-0.15, -0.1) is 0 Å². The van der Waals surface area contributed by atoms with Crippen LogP contribution in [0.2, 0.25) is 0 Å². The first-order valence-corrected chi connectivity index (χ1v) is 10.1. The Morgan fingerprint density at radius 1 is 1.19 bits per heavy atom. The van der Waals surface area contributed by atoms with E-state index in [2.05, 4.69) is 32.6 Å². The molecule has 0 aliphatic heterocycles. The van der Waals surface area contributed by atoms with Gasteiger partial charge >= 0.3 is 0 Å². The molecule has 0 saturated heterocycles. The van der Waals surface area contributed by atoms with Crippen LogP contribution in [0.5, 0.6) is 0 Å². The van der Waals surface area contributed by atoms with Crippen LogP contribution in [0.4, 0.5) is 5.69 Å². The first kappa shape index (κ1) is 20.6. The van der Waals surface area contributed by atoms with Crippen LogP contribution < -0.4 is 15.5 Å². The highest BCUT2D eigenvalue weighted by molar-refractivity contribution is 9.10. The van der Waals surface area contributed by atoms with Crippen molar-refractivity contribution >= 4 is 33.4 Å². The normalized spacial score (nSPS) is 15.1. The van der Waals surface area contributed by atoms with E-state index in [1.807, 2.05) is 32.2 Å². The standard InChI is InChI=1S/C20H28BrN3O2/c1-15-12-17(21)8-9-18(15)23-20(26)14-24(2)13-19(25)22-11-10-16-6-4-3-5-7-16/h6,8-9,12H,3-5,7,10-11,13-14H2,1-2H3,(H,22,25)(H,23,26)/p+1. The molecule has 26 heavy (non-hydrogen) atoms. The van der Waals surface area contributed by atoms with Gasteiger partial charge in [-0.2, -0.15) is 0 Å². The van der Waals surface area contributed by atoms with Crippen LogP contribution in [0, 0.1) is 6.92 Å². The number of likely N-dealkylation sites (N-methyl/N-ethyl adjacent to an activating group) is 1. The molecule has 0 fully saturated rings. The molecule has 2 rings (SSSR count). The number of halogens is 1. The average molecular weight is 423 g/mol. The Hall–Kier alpha value is -1.66. The smallest absolute Gasteiger partial charge is 0.279 e. The first-order chi connectivity index (χ1) is 12.4. The number of nitrogens with one attached hydrogen (secondary N) is 3. The fourth-order valence-electron chi connectivity index (χ4n) is 3.13.